The van der Waals surface area contributed by atoms with Crippen LogP contribution in [-0.4, -0.2) is 28.9 Å². The molecule has 1 heterocycles. The second kappa shape index (κ2) is 10.4. The Morgan fingerprint density at radius 1 is 0.968 bits per heavy atom. The summed E-state index contributed by atoms with van der Waals surface area (Å²) in [5, 5.41) is 14.6. The van der Waals surface area contributed by atoms with Gasteiger partial charge in [0.25, 0.3) is 11.8 Å². The second-order valence-electron chi connectivity index (χ2n) is 6.58. The quantitative estimate of drug-likeness (QED) is 0.424. The molecule has 0 unspecified atom stereocenters. The van der Waals surface area contributed by atoms with Gasteiger partial charge in [-0.3, -0.25) is 9.59 Å². The van der Waals surface area contributed by atoms with Gasteiger partial charge in [0.1, 0.15) is 11.7 Å². The number of amides is 2. The number of carbonyl (C=O) groups excluding carboxylic acids is 2. The topological polar surface area (TPSA) is 109 Å². The van der Waals surface area contributed by atoms with Crippen LogP contribution in [0, 0.1) is 0 Å². The maximum absolute atomic E-state index is 12.9. The third kappa shape index (κ3) is 6.42. The minimum Gasteiger partial charge on any atom is -0.480 e. The summed E-state index contributed by atoms with van der Waals surface area (Å²) in [5.41, 5.74) is 1.31. The van der Waals surface area contributed by atoms with E-state index in [9.17, 15) is 19.5 Å². The highest BCUT2D eigenvalue weighted by atomic mass is 79.9. The molecule has 3 rings (SSSR count). The Hall–Kier alpha value is -3.65. The predicted octanol–water partition coefficient (Wildman–Crippen LogP) is 3.63. The zero-order valence-electron chi connectivity index (χ0n) is 16.2. The Labute approximate surface area is 186 Å². The summed E-state index contributed by atoms with van der Waals surface area (Å²) in [4.78, 5) is 37.2. The van der Waals surface area contributed by atoms with Gasteiger partial charge in [-0.1, -0.05) is 60.7 Å². The van der Waals surface area contributed by atoms with Crippen molar-refractivity contribution in [3.63, 3.8) is 0 Å². The summed E-state index contributed by atoms with van der Waals surface area (Å²) >= 11 is 3.12. The second-order valence-corrected chi connectivity index (χ2v) is 7.36. The lowest BCUT2D eigenvalue weighted by molar-refractivity contribution is -0.141. The van der Waals surface area contributed by atoms with Gasteiger partial charge < -0.3 is 20.2 Å². The van der Waals surface area contributed by atoms with E-state index in [0.29, 0.717) is 10.2 Å². The van der Waals surface area contributed by atoms with Crippen molar-refractivity contribution in [2.45, 2.75) is 12.5 Å². The maximum atomic E-state index is 12.9. The Morgan fingerprint density at radius 3 is 2.19 bits per heavy atom. The first kappa shape index (κ1) is 22.0. The molecule has 0 bridgehead atoms. The molecular weight excluding hydrogens is 464 g/mol. The number of hydrogen-bond acceptors (Lipinski definition) is 4. The van der Waals surface area contributed by atoms with Crippen LogP contribution in [-0.2, 0) is 16.0 Å². The van der Waals surface area contributed by atoms with E-state index in [0.717, 1.165) is 5.56 Å². The SMILES string of the molecule is O=C(N[C@@H](Cc1ccccc1)C(=O)O)/C(=C\c1ccccc1)NC(=O)c1ccc(Br)o1. The zero-order valence-corrected chi connectivity index (χ0v) is 17.8. The molecule has 31 heavy (non-hydrogen) atoms. The average Bonchev–Trinajstić information content (AvgIpc) is 3.20. The number of halogens is 1. The van der Waals surface area contributed by atoms with Crippen LogP contribution in [0.2, 0.25) is 0 Å². The molecule has 0 spiro atoms. The minimum atomic E-state index is -1.18. The van der Waals surface area contributed by atoms with Crippen LogP contribution in [0.4, 0.5) is 0 Å². The molecule has 2 aromatic carbocycles. The monoisotopic (exact) mass is 482 g/mol. The Kier molecular flexibility index (Phi) is 7.40. The molecular formula is C23H19BrN2O5. The van der Waals surface area contributed by atoms with Crippen molar-refractivity contribution in [1.82, 2.24) is 10.6 Å². The van der Waals surface area contributed by atoms with Crippen LogP contribution < -0.4 is 10.6 Å². The van der Waals surface area contributed by atoms with Gasteiger partial charge in [-0.2, -0.15) is 0 Å². The molecule has 1 aromatic heterocycles. The van der Waals surface area contributed by atoms with Crippen molar-refractivity contribution < 1.29 is 23.9 Å². The van der Waals surface area contributed by atoms with Crippen molar-refractivity contribution in [3.05, 3.63) is 100 Å². The van der Waals surface area contributed by atoms with Gasteiger partial charge in [0.2, 0.25) is 0 Å². The van der Waals surface area contributed by atoms with E-state index >= 15 is 0 Å². The summed E-state index contributed by atoms with van der Waals surface area (Å²) in [6.07, 6.45) is 1.56. The highest BCUT2D eigenvalue weighted by molar-refractivity contribution is 9.10. The molecule has 0 saturated carbocycles. The van der Waals surface area contributed by atoms with Crippen LogP contribution in [0.3, 0.4) is 0 Å². The molecule has 1 atom stereocenters. The first-order chi connectivity index (χ1) is 14.9. The molecule has 2 amide bonds. The van der Waals surface area contributed by atoms with Crippen molar-refractivity contribution in [2.75, 3.05) is 0 Å². The number of hydrogen-bond donors (Lipinski definition) is 3. The van der Waals surface area contributed by atoms with E-state index in [4.69, 9.17) is 4.42 Å². The van der Waals surface area contributed by atoms with E-state index in [1.54, 1.807) is 54.6 Å². The van der Waals surface area contributed by atoms with Crippen molar-refractivity contribution in [2.24, 2.45) is 0 Å². The fourth-order valence-corrected chi connectivity index (χ4v) is 3.09. The Bertz CT molecular complexity index is 1090. The van der Waals surface area contributed by atoms with Gasteiger partial charge in [-0.05, 0) is 45.3 Å². The number of carbonyl (C=O) groups is 3. The smallest absolute Gasteiger partial charge is 0.326 e. The van der Waals surface area contributed by atoms with E-state index in [2.05, 4.69) is 26.6 Å². The highest BCUT2D eigenvalue weighted by Crippen LogP contribution is 2.15. The summed E-state index contributed by atoms with van der Waals surface area (Å²) in [7, 11) is 0. The number of carboxylic acid groups (broad SMARTS) is 1. The van der Waals surface area contributed by atoms with Crippen molar-refractivity contribution in [3.8, 4) is 0 Å². The maximum Gasteiger partial charge on any atom is 0.326 e. The summed E-state index contributed by atoms with van der Waals surface area (Å²) in [6.45, 7) is 0. The molecule has 0 aliphatic rings. The standard InChI is InChI=1S/C23H19BrN2O5/c24-20-12-11-19(31-20)22(28)25-17(13-15-7-3-1-4-8-15)21(27)26-18(23(29)30)14-16-9-5-2-6-10-16/h1-13,18H,14H2,(H,25,28)(H,26,27)(H,29,30)/b17-13+/t18-/m0/s1. The summed E-state index contributed by atoms with van der Waals surface area (Å²) in [5.74, 6) is -2.56. The van der Waals surface area contributed by atoms with E-state index in [-0.39, 0.29) is 17.9 Å². The number of carboxylic acids is 1. The Morgan fingerprint density at radius 2 is 1.61 bits per heavy atom. The molecule has 0 fully saturated rings. The molecule has 3 N–H and O–H groups in total. The molecule has 0 aliphatic carbocycles. The Balaban J connectivity index is 1.83. The molecule has 3 aromatic rings. The predicted molar refractivity (Wildman–Crippen MR) is 118 cm³/mol. The molecule has 158 valence electrons. The van der Waals surface area contributed by atoms with Gasteiger partial charge in [0.15, 0.2) is 10.4 Å². The van der Waals surface area contributed by atoms with Crippen LogP contribution in [0.15, 0.2) is 87.6 Å². The number of furan rings is 1. The summed E-state index contributed by atoms with van der Waals surface area (Å²) < 4.78 is 5.59. The molecule has 7 nitrogen and oxygen atoms in total. The molecule has 0 aliphatic heterocycles. The summed E-state index contributed by atoms with van der Waals surface area (Å²) in [6, 6.07) is 19.7. The molecule has 0 saturated heterocycles. The van der Waals surface area contributed by atoms with Crippen molar-refractivity contribution in [1.29, 1.82) is 0 Å². The van der Waals surface area contributed by atoms with Gasteiger partial charge in [0.05, 0.1) is 0 Å². The number of rotatable bonds is 8. The van der Waals surface area contributed by atoms with E-state index < -0.39 is 23.8 Å². The van der Waals surface area contributed by atoms with Crippen LogP contribution in [0.25, 0.3) is 6.08 Å². The number of aliphatic carboxylic acids is 1. The van der Waals surface area contributed by atoms with Crippen molar-refractivity contribution >= 4 is 39.8 Å². The lowest BCUT2D eigenvalue weighted by Gasteiger charge is -2.16. The average molecular weight is 483 g/mol. The lowest BCUT2D eigenvalue weighted by Crippen LogP contribution is -2.45. The lowest BCUT2D eigenvalue weighted by atomic mass is 10.1. The highest BCUT2D eigenvalue weighted by Gasteiger charge is 2.24. The van der Waals surface area contributed by atoms with Gasteiger partial charge >= 0.3 is 5.97 Å². The largest absolute Gasteiger partial charge is 0.480 e. The zero-order chi connectivity index (χ0) is 22.2. The normalized spacial score (nSPS) is 12.1. The van der Waals surface area contributed by atoms with Gasteiger partial charge in [0, 0.05) is 6.42 Å². The molecule has 0 radical (unpaired) electrons. The number of nitrogens with one attached hydrogen (secondary N) is 2. The molecule has 8 heteroatoms. The van der Waals surface area contributed by atoms with Gasteiger partial charge in [-0.15, -0.1) is 0 Å². The first-order valence-corrected chi connectivity index (χ1v) is 10.1. The fourth-order valence-electron chi connectivity index (χ4n) is 2.78. The minimum absolute atomic E-state index is 0.00212. The van der Waals surface area contributed by atoms with Crippen LogP contribution >= 0.6 is 15.9 Å². The van der Waals surface area contributed by atoms with E-state index in [1.165, 1.54) is 12.1 Å². The van der Waals surface area contributed by atoms with Crippen LogP contribution in [0.5, 0.6) is 0 Å². The first-order valence-electron chi connectivity index (χ1n) is 9.33. The number of benzene rings is 2. The van der Waals surface area contributed by atoms with Gasteiger partial charge in [-0.25, -0.2) is 4.79 Å². The third-order valence-corrected chi connectivity index (χ3v) is 4.71. The van der Waals surface area contributed by atoms with E-state index in [1.807, 2.05) is 12.1 Å². The third-order valence-electron chi connectivity index (χ3n) is 4.29. The van der Waals surface area contributed by atoms with Crippen LogP contribution in [0.1, 0.15) is 21.7 Å². The fraction of sp³-hybridized carbons (Fsp3) is 0.0870.